The zero-order valence-electron chi connectivity index (χ0n) is 16.7. The molecule has 1 aliphatic rings. The van der Waals surface area contributed by atoms with Crippen molar-refractivity contribution in [2.75, 3.05) is 10.2 Å². The van der Waals surface area contributed by atoms with Gasteiger partial charge in [0.15, 0.2) is 0 Å². The summed E-state index contributed by atoms with van der Waals surface area (Å²) in [5, 5.41) is 3.11. The van der Waals surface area contributed by atoms with Crippen molar-refractivity contribution in [1.29, 1.82) is 0 Å². The predicted molar refractivity (Wildman–Crippen MR) is 116 cm³/mol. The van der Waals surface area contributed by atoms with Gasteiger partial charge in [0.1, 0.15) is 6.04 Å². The molecule has 0 aromatic heterocycles. The summed E-state index contributed by atoms with van der Waals surface area (Å²) >= 11 is 0. The summed E-state index contributed by atoms with van der Waals surface area (Å²) < 4.78 is 0. The average molecular weight is 384 g/mol. The van der Waals surface area contributed by atoms with Crippen LogP contribution >= 0.6 is 0 Å². The first kappa shape index (κ1) is 18.9. The number of hydrogen-bond donors (Lipinski definition) is 1. The highest BCUT2D eigenvalue weighted by atomic mass is 16.2. The maximum Gasteiger partial charge on any atom is 0.259 e. The highest BCUT2D eigenvalue weighted by Crippen LogP contribution is 2.34. The van der Waals surface area contributed by atoms with Gasteiger partial charge < -0.3 is 5.32 Å². The van der Waals surface area contributed by atoms with Gasteiger partial charge in [0, 0.05) is 23.4 Å². The standard InChI is InChI=1S/C25H24N2O2/c1-3-18-14-9-10-17(2)23(18)26-24(28)22-16-20-13-7-8-15-21(20)27(22)25(29)19-11-5-4-6-12-19/h4-15,22H,3,16H2,1-2H3,(H,26,28)/t22-/m0/s1. The van der Waals surface area contributed by atoms with Crippen LogP contribution in [-0.4, -0.2) is 17.9 Å². The first-order valence-corrected chi connectivity index (χ1v) is 9.96. The smallest absolute Gasteiger partial charge is 0.259 e. The van der Waals surface area contributed by atoms with Gasteiger partial charge in [0.2, 0.25) is 5.91 Å². The lowest BCUT2D eigenvalue weighted by molar-refractivity contribution is -0.117. The normalized spacial score (nSPS) is 15.1. The SMILES string of the molecule is CCc1cccc(C)c1NC(=O)[C@@H]1Cc2ccccc2N1C(=O)c1ccccc1. The van der Waals surface area contributed by atoms with Gasteiger partial charge in [-0.15, -0.1) is 0 Å². The number of anilines is 2. The Bertz CT molecular complexity index is 1060. The van der Waals surface area contributed by atoms with E-state index in [9.17, 15) is 9.59 Å². The quantitative estimate of drug-likeness (QED) is 0.705. The zero-order chi connectivity index (χ0) is 20.4. The number of nitrogens with zero attached hydrogens (tertiary/aromatic N) is 1. The van der Waals surface area contributed by atoms with Gasteiger partial charge in [-0.3, -0.25) is 14.5 Å². The largest absolute Gasteiger partial charge is 0.324 e. The summed E-state index contributed by atoms with van der Waals surface area (Å²) in [5.41, 5.74) is 5.36. The Hall–Kier alpha value is -3.40. The molecule has 4 heteroatoms. The van der Waals surface area contributed by atoms with Crippen molar-refractivity contribution in [3.8, 4) is 0 Å². The number of rotatable bonds is 4. The summed E-state index contributed by atoms with van der Waals surface area (Å²) in [6.07, 6.45) is 1.34. The lowest BCUT2D eigenvalue weighted by atomic mass is 10.0. The molecule has 0 fully saturated rings. The van der Waals surface area contributed by atoms with Crippen LogP contribution in [0.2, 0.25) is 0 Å². The van der Waals surface area contributed by atoms with Crippen molar-refractivity contribution in [2.24, 2.45) is 0 Å². The van der Waals surface area contributed by atoms with Crippen molar-refractivity contribution in [3.05, 3.63) is 95.1 Å². The third-order valence-corrected chi connectivity index (χ3v) is 5.51. The van der Waals surface area contributed by atoms with Gasteiger partial charge in [-0.05, 0) is 48.2 Å². The Kier molecular flexibility index (Phi) is 5.17. The number of carbonyl (C=O) groups is 2. The van der Waals surface area contributed by atoms with Gasteiger partial charge >= 0.3 is 0 Å². The Balaban J connectivity index is 1.69. The predicted octanol–water partition coefficient (Wildman–Crippen LogP) is 4.77. The van der Waals surface area contributed by atoms with E-state index in [1.54, 1.807) is 17.0 Å². The Morgan fingerprint density at radius 2 is 1.69 bits per heavy atom. The van der Waals surface area contributed by atoms with Crippen LogP contribution in [0, 0.1) is 6.92 Å². The maximum absolute atomic E-state index is 13.3. The topological polar surface area (TPSA) is 49.4 Å². The van der Waals surface area contributed by atoms with Crippen LogP contribution in [0.1, 0.15) is 34.0 Å². The highest BCUT2D eigenvalue weighted by molar-refractivity contribution is 6.13. The van der Waals surface area contributed by atoms with Crippen LogP contribution < -0.4 is 10.2 Å². The minimum atomic E-state index is -0.579. The van der Waals surface area contributed by atoms with E-state index in [1.165, 1.54) is 0 Å². The minimum Gasteiger partial charge on any atom is -0.324 e. The number of para-hydroxylation sites is 2. The van der Waals surface area contributed by atoms with Crippen LogP contribution in [0.5, 0.6) is 0 Å². The lowest BCUT2D eigenvalue weighted by Crippen LogP contribution is -2.45. The number of carbonyl (C=O) groups excluding carboxylic acids is 2. The van der Waals surface area contributed by atoms with E-state index in [0.717, 1.165) is 34.5 Å². The number of aryl methyl sites for hydroxylation is 2. The first-order chi connectivity index (χ1) is 14.1. The molecular formula is C25H24N2O2. The minimum absolute atomic E-state index is 0.156. The van der Waals surface area contributed by atoms with E-state index in [-0.39, 0.29) is 11.8 Å². The van der Waals surface area contributed by atoms with E-state index in [1.807, 2.05) is 67.6 Å². The second-order valence-electron chi connectivity index (χ2n) is 7.34. The molecule has 1 N–H and O–H groups in total. The number of fused-ring (bicyclic) bond motifs is 1. The molecule has 146 valence electrons. The second kappa shape index (κ2) is 7.92. The number of hydrogen-bond acceptors (Lipinski definition) is 2. The Labute approximate surface area is 171 Å². The molecule has 4 nitrogen and oxygen atoms in total. The number of nitrogens with one attached hydrogen (secondary N) is 1. The molecule has 29 heavy (non-hydrogen) atoms. The summed E-state index contributed by atoms with van der Waals surface area (Å²) in [5.74, 6) is -0.314. The first-order valence-electron chi connectivity index (χ1n) is 9.96. The van der Waals surface area contributed by atoms with Gasteiger partial charge in [-0.25, -0.2) is 0 Å². The number of benzene rings is 3. The fourth-order valence-corrected chi connectivity index (χ4v) is 3.98. The molecule has 0 saturated heterocycles. The Morgan fingerprint density at radius 1 is 0.966 bits per heavy atom. The van der Waals surface area contributed by atoms with Crippen LogP contribution in [0.4, 0.5) is 11.4 Å². The molecule has 1 aliphatic heterocycles. The van der Waals surface area contributed by atoms with E-state index >= 15 is 0 Å². The van der Waals surface area contributed by atoms with Crippen LogP contribution in [0.25, 0.3) is 0 Å². The van der Waals surface area contributed by atoms with Crippen LogP contribution in [-0.2, 0) is 17.6 Å². The molecule has 3 aromatic carbocycles. The van der Waals surface area contributed by atoms with Crippen molar-refractivity contribution in [3.63, 3.8) is 0 Å². The molecule has 2 amide bonds. The zero-order valence-corrected chi connectivity index (χ0v) is 16.7. The number of amides is 2. The van der Waals surface area contributed by atoms with Crippen molar-refractivity contribution in [2.45, 2.75) is 32.7 Å². The average Bonchev–Trinajstić information content (AvgIpc) is 3.15. The third kappa shape index (κ3) is 3.54. The highest BCUT2D eigenvalue weighted by Gasteiger charge is 2.38. The van der Waals surface area contributed by atoms with Gasteiger partial charge in [0.25, 0.3) is 5.91 Å². The summed E-state index contributed by atoms with van der Waals surface area (Å²) in [4.78, 5) is 28.3. The molecule has 0 radical (unpaired) electrons. The maximum atomic E-state index is 13.3. The van der Waals surface area contributed by atoms with Gasteiger partial charge in [-0.1, -0.05) is 61.5 Å². The van der Waals surface area contributed by atoms with E-state index in [4.69, 9.17) is 0 Å². The van der Waals surface area contributed by atoms with E-state index in [0.29, 0.717) is 12.0 Å². The molecule has 3 aromatic rings. The van der Waals surface area contributed by atoms with Gasteiger partial charge in [0.05, 0.1) is 0 Å². The van der Waals surface area contributed by atoms with E-state index < -0.39 is 6.04 Å². The second-order valence-corrected chi connectivity index (χ2v) is 7.34. The molecule has 0 spiro atoms. The van der Waals surface area contributed by atoms with E-state index in [2.05, 4.69) is 12.2 Å². The molecular weight excluding hydrogens is 360 g/mol. The molecule has 4 rings (SSSR count). The van der Waals surface area contributed by atoms with Crippen molar-refractivity contribution in [1.82, 2.24) is 0 Å². The fraction of sp³-hybridized carbons (Fsp3) is 0.200. The van der Waals surface area contributed by atoms with Crippen molar-refractivity contribution < 1.29 is 9.59 Å². The van der Waals surface area contributed by atoms with Gasteiger partial charge in [-0.2, -0.15) is 0 Å². The fourth-order valence-electron chi connectivity index (χ4n) is 3.98. The van der Waals surface area contributed by atoms with Crippen LogP contribution in [0.3, 0.4) is 0 Å². The Morgan fingerprint density at radius 3 is 2.45 bits per heavy atom. The summed E-state index contributed by atoms with van der Waals surface area (Å²) in [6.45, 7) is 4.06. The molecule has 1 heterocycles. The summed E-state index contributed by atoms with van der Waals surface area (Å²) in [7, 11) is 0. The summed E-state index contributed by atoms with van der Waals surface area (Å²) in [6, 6.07) is 22.3. The molecule has 0 saturated carbocycles. The molecule has 1 atom stereocenters. The lowest BCUT2D eigenvalue weighted by Gasteiger charge is -2.26. The molecule has 0 aliphatic carbocycles. The molecule has 0 bridgehead atoms. The van der Waals surface area contributed by atoms with Crippen LogP contribution in [0.15, 0.2) is 72.8 Å². The third-order valence-electron chi connectivity index (χ3n) is 5.51. The van der Waals surface area contributed by atoms with Crippen molar-refractivity contribution >= 4 is 23.2 Å². The monoisotopic (exact) mass is 384 g/mol. The molecule has 0 unspecified atom stereocenters.